The molecule has 5 N–H and O–H groups in total. The minimum atomic E-state index is -1.01. The van der Waals surface area contributed by atoms with Gasteiger partial charge in [0.1, 0.15) is 10.9 Å². The normalized spacial score (nSPS) is 12.1. The monoisotopic (exact) mass is 493 g/mol. The number of aryl methyl sites for hydroxylation is 2. The van der Waals surface area contributed by atoms with Crippen LogP contribution in [0.15, 0.2) is 48.5 Å². The Hall–Kier alpha value is -3.72. The number of nitrogens with one attached hydrogen (secondary N) is 1. The quantitative estimate of drug-likeness (QED) is 0.458. The Morgan fingerprint density at radius 3 is 2.14 bits per heavy atom. The zero-order valence-electron chi connectivity index (χ0n) is 20.6. The van der Waals surface area contributed by atoms with Crippen LogP contribution < -0.4 is 21.7 Å². The van der Waals surface area contributed by atoms with Crippen molar-refractivity contribution in [2.45, 2.75) is 52.6 Å². The Balaban J connectivity index is 2.23. The van der Waals surface area contributed by atoms with E-state index in [9.17, 15) is 14.4 Å². The van der Waals surface area contributed by atoms with Crippen LogP contribution in [0, 0.1) is 6.92 Å². The standard InChI is InChI=1S/C26H31N5O3S/c1-6-16-9-13-18(14-10-16)31(25(34)22-19(27)20(23(28)32)30-35-22)21(24(33)29-26(3,4)5)17-11-7-15(2)8-12-17/h7-14,21H,6,27H2,1-5H3,(H2,28,32)(H,29,33)/t21-/m1/s1. The van der Waals surface area contributed by atoms with Crippen LogP contribution in [0.4, 0.5) is 11.4 Å². The lowest BCUT2D eigenvalue weighted by atomic mass is 9.99. The number of carbonyl (C=O) groups is 3. The summed E-state index contributed by atoms with van der Waals surface area (Å²) in [6.45, 7) is 9.61. The molecule has 1 heterocycles. The summed E-state index contributed by atoms with van der Waals surface area (Å²) in [5.74, 6) is -1.73. The van der Waals surface area contributed by atoms with Gasteiger partial charge in [-0.1, -0.05) is 48.9 Å². The van der Waals surface area contributed by atoms with Gasteiger partial charge in [-0.15, -0.1) is 0 Å². The van der Waals surface area contributed by atoms with E-state index in [1.165, 1.54) is 4.90 Å². The highest BCUT2D eigenvalue weighted by Crippen LogP contribution is 2.33. The molecule has 0 unspecified atom stereocenters. The van der Waals surface area contributed by atoms with Gasteiger partial charge < -0.3 is 16.8 Å². The number of nitrogen functional groups attached to an aromatic ring is 1. The summed E-state index contributed by atoms with van der Waals surface area (Å²) in [6, 6.07) is 13.9. The molecule has 1 aromatic heterocycles. The number of amides is 3. The van der Waals surface area contributed by atoms with Gasteiger partial charge in [-0.05, 0) is 68.9 Å². The number of carbonyl (C=O) groups excluding carboxylic acids is 3. The van der Waals surface area contributed by atoms with Gasteiger partial charge in [0, 0.05) is 11.2 Å². The van der Waals surface area contributed by atoms with E-state index in [4.69, 9.17) is 11.5 Å². The molecule has 3 amide bonds. The number of anilines is 2. The van der Waals surface area contributed by atoms with E-state index in [0.717, 1.165) is 29.1 Å². The predicted octanol–water partition coefficient (Wildman–Crippen LogP) is 4.00. The van der Waals surface area contributed by atoms with Crippen molar-refractivity contribution in [3.05, 3.63) is 75.8 Å². The molecule has 2 aromatic carbocycles. The Bertz CT molecular complexity index is 1230. The highest BCUT2D eigenvalue weighted by atomic mass is 32.1. The summed E-state index contributed by atoms with van der Waals surface area (Å²) in [5, 5.41) is 3.00. The number of benzene rings is 2. The Morgan fingerprint density at radius 2 is 1.66 bits per heavy atom. The van der Waals surface area contributed by atoms with Crippen molar-refractivity contribution in [3.63, 3.8) is 0 Å². The van der Waals surface area contributed by atoms with Crippen molar-refractivity contribution in [3.8, 4) is 0 Å². The van der Waals surface area contributed by atoms with E-state index in [1.54, 1.807) is 12.1 Å². The third-order valence-corrected chi connectivity index (χ3v) is 6.25. The van der Waals surface area contributed by atoms with Crippen LogP contribution in [-0.4, -0.2) is 27.6 Å². The van der Waals surface area contributed by atoms with E-state index in [1.807, 2.05) is 71.0 Å². The van der Waals surface area contributed by atoms with Gasteiger partial charge in [0.25, 0.3) is 11.8 Å². The molecule has 0 aliphatic carbocycles. The van der Waals surface area contributed by atoms with Crippen LogP contribution in [0.25, 0.3) is 0 Å². The molecule has 0 saturated carbocycles. The van der Waals surface area contributed by atoms with Gasteiger partial charge in [0.05, 0.1) is 5.69 Å². The lowest BCUT2D eigenvalue weighted by Crippen LogP contribution is -2.49. The number of aromatic nitrogens is 1. The number of rotatable bonds is 7. The van der Waals surface area contributed by atoms with Gasteiger partial charge in [0.15, 0.2) is 5.69 Å². The highest BCUT2D eigenvalue weighted by molar-refractivity contribution is 7.09. The third kappa shape index (κ3) is 5.86. The average Bonchev–Trinajstić information content (AvgIpc) is 3.18. The van der Waals surface area contributed by atoms with Crippen LogP contribution in [0.3, 0.4) is 0 Å². The fourth-order valence-electron chi connectivity index (χ4n) is 3.62. The van der Waals surface area contributed by atoms with Crippen molar-refractivity contribution >= 4 is 40.6 Å². The molecule has 0 saturated heterocycles. The first-order valence-corrected chi connectivity index (χ1v) is 12.1. The molecule has 0 aliphatic rings. The fourth-order valence-corrected chi connectivity index (χ4v) is 4.36. The molecule has 0 spiro atoms. The zero-order valence-corrected chi connectivity index (χ0v) is 21.4. The van der Waals surface area contributed by atoms with E-state index >= 15 is 0 Å². The van der Waals surface area contributed by atoms with Gasteiger partial charge in [-0.2, -0.15) is 4.37 Å². The molecular weight excluding hydrogens is 462 g/mol. The summed E-state index contributed by atoms with van der Waals surface area (Å²) < 4.78 is 3.98. The molecule has 35 heavy (non-hydrogen) atoms. The van der Waals surface area contributed by atoms with Gasteiger partial charge in [-0.3, -0.25) is 19.3 Å². The minimum Gasteiger partial charge on any atom is -0.395 e. The number of nitrogens with two attached hydrogens (primary N) is 2. The van der Waals surface area contributed by atoms with E-state index in [0.29, 0.717) is 11.3 Å². The summed E-state index contributed by atoms with van der Waals surface area (Å²) >= 11 is 0.784. The van der Waals surface area contributed by atoms with Gasteiger partial charge in [-0.25, -0.2) is 0 Å². The van der Waals surface area contributed by atoms with Crippen molar-refractivity contribution in [2.75, 3.05) is 10.6 Å². The van der Waals surface area contributed by atoms with E-state index in [2.05, 4.69) is 9.69 Å². The van der Waals surface area contributed by atoms with Crippen LogP contribution >= 0.6 is 11.5 Å². The van der Waals surface area contributed by atoms with Gasteiger partial charge >= 0.3 is 0 Å². The molecule has 0 fully saturated rings. The molecule has 3 aromatic rings. The fraction of sp³-hybridized carbons (Fsp3) is 0.308. The Labute approximate surface area is 209 Å². The molecule has 8 nitrogen and oxygen atoms in total. The molecule has 0 radical (unpaired) electrons. The average molecular weight is 494 g/mol. The largest absolute Gasteiger partial charge is 0.395 e. The maximum atomic E-state index is 14.0. The van der Waals surface area contributed by atoms with Crippen LogP contribution in [0.1, 0.15) is 70.6 Å². The third-order valence-electron chi connectivity index (χ3n) is 5.39. The molecule has 0 bridgehead atoms. The maximum Gasteiger partial charge on any atom is 0.273 e. The van der Waals surface area contributed by atoms with Crippen LogP contribution in [0.2, 0.25) is 0 Å². The first-order chi connectivity index (χ1) is 16.4. The predicted molar refractivity (Wildman–Crippen MR) is 139 cm³/mol. The number of nitrogens with zero attached hydrogens (tertiary/aromatic N) is 2. The lowest BCUT2D eigenvalue weighted by molar-refractivity contribution is -0.123. The first-order valence-electron chi connectivity index (χ1n) is 11.3. The van der Waals surface area contributed by atoms with Gasteiger partial charge in [0.2, 0.25) is 5.91 Å². The van der Waals surface area contributed by atoms with Crippen molar-refractivity contribution in [2.24, 2.45) is 5.73 Å². The summed E-state index contributed by atoms with van der Waals surface area (Å²) in [5.41, 5.74) is 13.9. The SMILES string of the molecule is CCc1ccc(N(C(=O)c2snc(C(N)=O)c2N)[C@@H](C(=O)NC(C)(C)C)c2ccc(C)cc2)cc1. The van der Waals surface area contributed by atoms with Crippen LogP contribution in [0.5, 0.6) is 0 Å². The molecule has 184 valence electrons. The Morgan fingerprint density at radius 1 is 1.06 bits per heavy atom. The first kappa shape index (κ1) is 25.9. The second kappa shape index (κ2) is 10.3. The number of primary amides is 1. The summed E-state index contributed by atoms with van der Waals surface area (Å²) in [7, 11) is 0. The van der Waals surface area contributed by atoms with Crippen molar-refractivity contribution in [1.82, 2.24) is 9.69 Å². The topological polar surface area (TPSA) is 131 Å². The molecule has 1 atom stereocenters. The highest BCUT2D eigenvalue weighted by Gasteiger charge is 2.37. The molecule has 9 heteroatoms. The van der Waals surface area contributed by atoms with E-state index < -0.39 is 23.4 Å². The Kier molecular flexibility index (Phi) is 7.60. The smallest absolute Gasteiger partial charge is 0.273 e. The molecular formula is C26H31N5O3S. The second-order valence-corrected chi connectivity index (χ2v) is 10.2. The van der Waals surface area contributed by atoms with E-state index in [-0.39, 0.29) is 22.2 Å². The summed E-state index contributed by atoms with van der Waals surface area (Å²) in [6.07, 6.45) is 0.823. The molecule has 0 aliphatic heterocycles. The van der Waals surface area contributed by atoms with Crippen molar-refractivity contribution in [1.29, 1.82) is 0 Å². The summed E-state index contributed by atoms with van der Waals surface area (Å²) in [4.78, 5) is 40.8. The molecule has 3 rings (SSSR count). The maximum absolute atomic E-state index is 14.0. The second-order valence-electron chi connectivity index (χ2n) is 9.39. The van der Waals surface area contributed by atoms with Crippen molar-refractivity contribution < 1.29 is 14.4 Å². The minimum absolute atomic E-state index is 0.0408. The lowest BCUT2D eigenvalue weighted by Gasteiger charge is -2.33. The number of hydrogen-bond acceptors (Lipinski definition) is 6. The zero-order chi connectivity index (χ0) is 25.9. The number of hydrogen-bond donors (Lipinski definition) is 3. The van der Waals surface area contributed by atoms with Crippen LogP contribution in [-0.2, 0) is 11.2 Å².